The van der Waals surface area contributed by atoms with E-state index >= 15 is 0 Å². The highest BCUT2D eigenvalue weighted by Gasteiger charge is 2.27. The van der Waals surface area contributed by atoms with Crippen LogP contribution < -0.4 is 20.9 Å². The fourth-order valence-corrected chi connectivity index (χ4v) is 4.42. The molecule has 3 heterocycles. The van der Waals surface area contributed by atoms with Crippen LogP contribution in [0, 0.1) is 0 Å². The Bertz CT molecular complexity index is 1170. The molecule has 30 heavy (non-hydrogen) atoms. The maximum Gasteiger partial charge on any atom is 0.328 e. The molecule has 4 rings (SSSR count). The second kappa shape index (κ2) is 8.31. The third-order valence-corrected chi connectivity index (χ3v) is 6.10. The molecule has 0 saturated carbocycles. The van der Waals surface area contributed by atoms with E-state index < -0.39 is 11.2 Å². The summed E-state index contributed by atoms with van der Waals surface area (Å²) in [6.45, 7) is 4.67. The zero-order valence-electron chi connectivity index (χ0n) is 16.9. The molecule has 1 aromatic carbocycles. The lowest BCUT2D eigenvalue weighted by Gasteiger charge is -2.36. The van der Waals surface area contributed by atoms with E-state index in [0.717, 1.165) is 27.5 Å². The lowest BCUT2D eigenvalue weighted by atomic mass is 10.2. The third-order valence-electron chi connectivity index (χ3n) is 5.26. The summed E-state index contributed by atoms with van der Waals surface area (Å²) in [4.78, 5) is 44.8. The number of carbonyl (C=O) groups excluding carboxylic acids is 1. The number of nitrogens with one attached hydrogen (secondary N) is 1. The first-order valence-corrected chi connectivity index (χ1v) is 10.6. The van der Waals surface area contributed by atoms with Gasteiger partial charge in [0.1, 0.15) is 10.6 Å². The number of methoxy groups -OCH3 is 1. The van der Waals surface area contributed by atoms with Gasteiger partial charge in [0, 0.05) is 38.4 Å². The quantitative estimate of drug-likeness (QED) is 0.660. The highest BCUT2D eigenvalue weighted by molar-refractivity contribution is 7.09. The van der Waals surface area contributed by atoms with Crippen LogP contribution in [0.5, 0.6) is 5.75 Å². The van der Waals surface area contributed by atoms with Crippen LogP contribution >= 0.6 is 11.5 Å². The number of carbonyl (C=O) groups is 1. The van der Waals surface area contributed by atoms with Crippen molar-refractivity contribution in [3.63, 3.8) is 0 Å². The van der Waals surface area contributed by atoms with Gasteiger partial charge in [-0.15, -0.1) is 0 Å². The Morgan fingerprint density at radius 2 is 1.87 bits per heavy atom. The average Bonchev–Trinajstić information content (AvgIpc) is 3.20. The van der Waals surface area contributed by atoms with E-state index in [1.54, 1.807) is 12.0 Å². The number of benzene rings is 1. The molecule has 10 heteroatoms. The summed E-state index contributed by atoms with van der Waals surface area (Å²) in [6.07, 6.45) is 0.656. The number of H-pyrrole nitrogens is 1. The van der Waals surface area contributed by atoms with Crippen molar-refractivity contribution in [2.24, 2.45) is 0 Å². The minimum Gasteiger partial charge on any atom is -0.497 e. The normalized spacial score (nSPS) is 14.3. The maximum absolute atomic E-state index is 13.1. The molecule has 9 nitrogen and oxygen atoms in total. The molecule has 0 radical (unpaired) electrons. The molecule has 1 saturated heterocycles. The van der Waals surface area contributed by atoms with Crippen LogP contribution in [0.1, 0.15) is 23.0 Å². The highest BCUT2D eigenvalue weighted by atomic mass is 32.1. The van der Waals surface area contributed by atoms with Crippen LogP contribution in [-0.2, 0) is 6.54 Å². The fraction of sp³-hybridized carbons (Fsp3) is 0.400. The number of fused-ring (bicyclic) bond motifs is 1. The van der Waals surface area contributed by atoms with Crippen molar-refractivity contribution in [2.45, 2.75) is 19.9 Å². The van der Waals surface area contributed by atoms with Gasteiger partial charge in [-0.3, -0.25) is 14.2 Å². The number of rotatable bonds is 5. The summed E-state index contributed by atoms with van der Waals surface area (Å²) in [6, 6.07) is 7.83. The van der Waals surface area contributed by atoms with Crippen LogP contribution in [0.25, 0.3) is 11.0 Å². The molecule has 158 valence electrons. The monoisotopic (exact) mass is 429 g/mol. The SMILES string of the molecule is CCCn1c(=O)[nH]c2c(C(=O)N3CCN(c4ccc(OC)cc4)CC3)snc2c1=O. The fourth-order valence-electron chi connectivity index (χ4n) is 3.62. The Morgan fingerprint density at radius 3 is 2.50 bits per heavy atom. The second-order valence-electron chi connectivity index (χ2n) is 7.10. The molecular formula is C20H23N5O4S. The van der Waals surface area contributed by atoms with E-state index in [9.17, 15) is 14.4 Å². The summed E-state index contributed by atoms with van der Waals surface area (Å²) in [7, 11) is 1.63. The molecule has 0 bridgehead atoms. The summed E-state index contributed by atoms with van der Waals surface area (Å²) >= 11 is 0.963. The first-order valence-electron chi connectivity index (χ1n) is 9.84. The van der Waals surface area contributed by atoms with Gasteiger partial charge in [0.2, 0.25) is 0 Å². The van der Waals surface area contributed by atoms with Crippen LogP contribution in [0.2, 0.25) is 0 Å². The van der Waals surface area contributed by atoms with Gasteiger partial charge in [0.15, 0.2) is 5.52 Å². The zero-order valence-corrected chi connectivity index (χ0v) is 17.7. The van der Waals surface area contributed by atoms with Crippen molar-refractivity contribution in [3.8, 4) is 5.75 Å². The Balaban J connectivity index is 1.52. The van der Waals surface area contributed by atoms with E-state index in [1.807, 2.05) is 31.2 Å². The number of hydrogen-bond acceptors (Lipinski definition) is 7. The van der Waals surface area contributed by atoms with Gasteiger partial charge in [-0.25, -0.2) is 4.79 Å². The topological polar surface area (TPSA) is 101 Å². The number of amides is 1. The van der Waals surface area contributed by atoms with Crippen LogP contribution in [0.3, 0.4) is 0 Å². The number of hydrogen-bond donors (Lipinski definition) is 1. The molecule has 0 aliphatic carbocycles. The Kier molecular flexibility index (Phi) is 5.58. The van der Waals surface area contributed by atoms with E-state index in [4.69, 9.17) is 4.74 Å². The Labute approximate surface area is 176 Å². The van der Waals surface area contributed by atoms with Crippen molar-refractivity contribution in [2.75, 3.05) is 38.2 Å². The number of ether oxygens (including phenoxy) is 1. The van der Waals surface area contributed by atoms with Crippen molar-refractivity contribution in [3.05, 3.63) is 50.0 Å². The minimum absolute atomic E-state index is 0.147. The van der Waals surface area contributed by atoms with Crippen molar-refractivity contribution >= 4 is 34.2 Å². The Morgan fingerprint density at radius 1 is 1.17 bits per heavy atom. The second-order valence-corrected chi connectivity index (χ2v) is 7.87. The van der Waals surface area contributed by atoms with Gasteiger partial charge < -0.3 is 19.5 Å². The zero-order chi connectivity index (χ0) is 21.3. The number of aromatic nitrogens is 3. The molecule has 0 unspecified atom stereocenters. The first-order chi connectivity index (χ1) is 14.5. The molecule has 1 fully saturated rings. The van der Waals surface area contributed by atoms with Gasteiger partial charge in [-0.2, -0.15) is 4.37 Å². The molecule has 1 N–H and O–H groups in total. The van der Waals surface area contributed by atoms with Gasteiger partial charge in [0.05, 0.1) is 12.6 Å². The molecule has 0 atom stereocenters. The summed E-state index contributed by atoms with van der Waals surface area (Å²) in [5, 5.41) is 0. The standard InChI is InChI=1S/C20H23N5O4S/c1-3-8-25-18(26)16-15(21-20(25)28)17(30-22-16)19(27)24-11-9-23(10-12-24)13-4-6-14(29-2)7-5-13/h4-7H,3,8-12H2,1-2H3,(H,21,28). The summed E-state index contributed by atoms with van der Waals surface area (Å²) in [5.41, 5.74) is 0.508. The largest absolute Gasteiger partial charge is 0.497 e. The molecule has 0 spiro atoms. The lowest BCUT2D eigenvalue weighted by molar-refractivity contribution is 0.0753. The van der Waals surface area contributed by atoms with Crippen molar-refractivity contribution in [1.82, 2.24) is 18.8 Å². The number of anilines is 1. The van der Waals surface area contributed by atoms with Crippen molar-refractivity contribution < 1.29 is 9.53 Å². The van der Waals surface area contributed by atoms with Gasteiger partial charge in [0.25, 0.3) is 11.5 Å². The van der Waals surface area contributed by atoms with Crippen LogP contribution in [-0.4, -0.2) is 58.0 Å². The Hall–Kier alpha value is -3.14. The number of nitrogens with zero attached hydrogens (tertiary/aromatic N) is 4. The van der Waals surface area contributed by atoms with Gasteiger partial charge in [-0.1, -0.05) is 6.92 Å². The molecule has 1 amide bonds. The highest BCUT2D eigenvalue weighted by Crippen LogP contribution is 2.23. The average molecular weight is 430 g/mol. The lowest BCUT2D eigenvalue weighted by Crippen LogP contribution is -2.48. The number of aromatic amines is 1. The van der Waals surface area contributed by atoms with Gasteiger partial charge >= 0.3 is 5.69 Å². The van der Waals surface area contributed by atoms with Gasteiger partial charge in [-0.05, 0) is 42.2 Å². The minimum atomic E-state index is -0.507. The molecule has 1 aliphatic rings. The predicted octanol–water partition coefficient (Wildman–Crippen LogP) is 1.53. The van der Waals surface area contributed by atoms with E-state index in [0.29, 0.717) is 44.0 Å². The molecule has 2 aromatic heterocycles. The smallest absolute Gasteiger partial charge is 0.328 e. The van der Waals surface area contributed by atoms with Crippen LogP contribution in [0.15, 0.2) is 33.9 Å². The number of piperazine rings is 1. The maximum atomic E-state index is 13.1. The third kappa shape index (κ3) is 3.58. The van der Waals surface area contributed by atoms with E-state index in [1.165, 1.54) is 0 Å². The molecule has 3 aromatic rings. The van der Waals surface area contributed by atoms with Crippen molar-refractivity contribution in [1.29, 1.82) is 0 Å². The van der Waals surface area contributed by atoms with E-state index in [2.05, 4.69) is 14.3 Å². The predicted molar refractivity (Wildman–Crippen MR) is 116 cm³/mol. The van der Waals surface area contributed by atoms with E-state index in [-0.39, 0.29) is 16.9 Å². The summed E-state index contributed by atoms with van der Waals surface area (Å²) < 4.78 is 10.5. The molecular weight excluding hydrogens is 406 g/mol. The van der Waals surface area contributed by atoms with Crippen LogP contribution in [0.4, 0.5) is 5.69 Å². The molecule has 1 aliphatic heterocycles. The summed E-state index contributed by atoms with van der Waals surface area (Å²) in [5.74, 6) is 0.594. The first kappa shape index (κ1) is 20.1.